The maximum atomic E-state index is 13.3. The number of carbonyl (C=O) groups excluding carboxylic acids is 4. The van der Waals surface area contributed by atoms with Crippen LogP contribution in [0.5, 0.6) is 11.5 Å². The summed E-state index contributed by atoms with van der Waals surface area (Å²) in [6, 6.07) is 18.1. The first kappa shape index (κ1) is 27.6. The Morgan fingerprint density at radius 1 is 0.975 bits per heavy atom. The minimum atomic E-state index is -1.65. The number of methoxy groups -OCH3 is 2. The molecule has 3 amide bonds. The molecular weight excluding hydrogens is 520 g/mol. The van der Waals surface area contributed by atoms with Gasteiger partial charge in [0.15, 0.2) is 17.4 Å². The summed E-state index contributed by atoms with van der Waals surface area (Å²) < 4.78 is 10.5. The maximum absolute atomic E-state index is 13.3. The second-order valence-electron chi connectivity index (χ2n) is 8.60. The number of hydrogen-bond donors (Lipinski definition) is 1. The van der Waals surface area contributed by atoms with Crippen LogP contribution in [-0.4, -0.2) is 59.9 Å². The van der Waals surface area contributed by atoms with Crippen LogP contribution in [0.3, 0.4) is 0 Å². The number of Topliss-reactive ketones (excluding diaryl/α,β-unsaturated/α-hetero) is 1. The quantitative estimate of drug-likeness (QED) is 0.134. The summed E-state index contributed by atoms with van der Waals surface area (Å²) in [4.78, 5) is 62.8. The van der Waals surface area contributed by atoms with Gasteiger partial charge >= 0.3 is 0 Å². The molecule has 3 aromatic rings. The van der Waals surface area contributed by atoms with Crippen molar-refractivity contribution in [1.29, 1.82) is 0 Å². The van der Waals surface area contributed by atoms with E-state index in [1.807, 2.05) is 0 Å². The van der Waals surface area contributed by atoms with E-state index in [1.165, 1.54) is 26.4 Å². The van der Waals surface area contributed by atoms with Crippen molar-refractivity contribution in [2.75, 3.05) is 20.8 Å². The number of carbonyl (C=O) groups is 4. The Hall–Kier alpha value is -5.39. The molecule has 0 saturated carbocycles. The Kier molecular flexibility index (Phi) is 8.28. The van der Waals surface area contributed by atoms with Gasteiger partial charge in [-0.2, -0.15) is 10.1 Å². The van der Waals surface area contributed by atoms with Crippen LogP contribution in [-0.2, 0) is 20.8 Å². The van der Waals surface area contributed by atoms with Crippen LogP contribution in [0.15, 0.2) is 77.9 Å². The van der Waals surface area contributed by atoms with Gasteiger partial charge in [-0.15, -0.1) is 0 Å². The van der Waals surface area contributed by atoms with E-state index in [2.05, 4.69) is 10.4 Å². The Bertz CT molecular complexity index is 1500. The molecule has 0 bridgehead atoms. The molecule has 1 N–H and O–H groups in total. The largest absolute Gasteiger partial charge is 0.493 e. The lowest BCUT2D eigenvalue weighted by atomic mass is 9.92. The number of nitro benzene ring substituents is 1. The number of hydrogen-bond acceptors (Lipinski definition) is 9. The summed E-state index contributed by atoms with van der Waals surface area (Å²) in [6.07, 6.45) is 0.363. The Morgan fingerprint density at radius 3 is 2.27 bits per heavy atom. The molecule has 0 radical (unpaired) electrons. The monoisotopic (exact) mass is 544 g/mol. The lowest BCUT2D eigenvalue weighted by molar-refractivity contribution is -0.384. The zero-order chi connectivity index (χ0) is 28.8. The highest BCUT2D eigenvalue weighted by molar-refractivity contribution is 6.48. The van der Waals surface area contributed by atoms with Crippen LogP contribution < -0.4 is 14.8 Å². The summed E-state index contributed by atoms with van der Waals surface area (Å²) in [7, 11) is 3.02. The molecule has 4 rings (SSSR count). The summed E-state index contributed by atoms with van der Waals surface area (Å²) in [6.45, 7) is 0.0875. The number of benzene rings is 3. The number of nitrogens with one attached hydrogen (secondary N) is 1. The molecular formula is C28H24N4O8. The van der Waals surface area contributed by atoms with Gasteiger partial charge in [0, 0.05) is 24.2 Å². The van der Waals surface area contributed by atoms with Gasteiger partial charge in [0.25, 0.3) is 23.4 Å². The van der Waals surface area contributed by atoms with Gasteiger partial charge in [-0.05, 0) is 41.8 Å². The molecule has 40 heavy (non-hydrogen) atoms. The third kappa shape index (κ3) is 5.70. The van der Waals surface area contributed by atoms with Crippen LogP contribution in [0.25, 0.3) is 0 Å². The molecule has 1 atom stereocenters. The average Bonchev–Trinajstić information content (AvgIpc) is 3.33. The van der Waals surface area contributed by atoms with Gasteiger partial charge in [-0.3, -0.25) is 29.3 Å². The fourth-order valence-electron chi connectivity index (χ4n) is 4.09. The van der Waals surface area contributed by atoms with Gasteiger partial charge in [0.05, 0.1) is 24.9 Å². The van der Waals surface area contributed by atoms with E-state index in [-0.39, 0.29) is 23.5 Å². The number of nitro groups is 1. The predicted octanol–water partition coefficient (Wildman–Crippen LogP) is 2.54. The van der Waals surface area contributed by atoms with Crippen LogP contribution in [0.2, 0.25) is 0 Å². The highest BCUT2D eigenvalue weighted by Crippen LogP contribution is 2.28. The molecule has 3 aromatic carbocycles. The lowest BCUT2D eigenvalue weighted by Gasteiger charge is -2.13. The van der Waals surface area contributed by atoms with E-state index in [0.29, 0.717) is 28.5 Å². The van der Waals surface area contributed by atoms with Gasteiger partial charge in [-0.1, -0.05) is 36.4 Å². The third-order valence-corrected chi connectivity index (χ3v) is 6.16. The van der Waals surface area contributed by atoms with Gasteiger partial charge in [0.1, 0.15) is 0 Å². The van der Waals surface area contributed by atoms with E-state index in [0.717, 1.165) is 17.7 Å². The summed E-state index contributed by atoms with van der Waals surface area (Å²) in [5.41, 5.74) is 0.846. The Balaban J connectivity index is 1.52. The fourth-order valence-corrected chi connectivity index (χ4v) is 4.09. The van der Waals surface area contributed by atoms with E-state index in [9.17, 15) is 29.3 Å². The molecule has 0 aromatic heterocycles. The molecule has 0 saturated heterocycles. The summed E-state index contributed by atoms with van der Waals surface area (Å²) >= 11 is 0. The maximum Gasteiger partial charge on any atom is 0.288 e. The number of rotatable bonds is 10. The number of ketones is 1. The van der Waals surface area contributed by atoms with Crippen molar-refractivity contribution in [3.8, 4) is 11.5 Å². The zero-order valence-electron chi connectivity index (χ0n) is 21.5. The van der Waals surface area contributed by atoms with Crippen molar-refractivity contribution in [1.82, 2.24) is 10.3 Å². The van der Waals surface area contributed by atoms with E-state index in [1.54, 1.807) is 48.5 Å². The van der Waals surface area contributed by atoms with E-state index >= 15 is 0 Å². The second-order valence-corrected chi connectivity index (χ2v) is 8.60. The number of non-ortho nitro benzene ring substituents is 1. The number of amides is 3. The van der Waals surface area contributed by atoms with Crippen LogP contribution in [0, 0.1) is 16.0 Å². The molecule has 1 heterocycles. The van der Waals surface area contributed by atoms with Crippen molar-refractivity contribution in [2.24, 2.45) is 11.0 Å². The molecule has 0 fully saturated rings. The molecule has 12 nitrogen and oxygen atoms in total. The predicted molar refractivity (Wildman–Crippen MR) is 142 cm³/mol. The topological polar surface area (TPSA) is 158 Å². The average molecular weight is 545 g/mol. The fraction of sp³-hybridized carbons (Fsp3) is 0.179. The summed E-state index contributed by atoms with van der Waals surface area (Å²) in [5, 5.41) is 18.1. The highest BCUT2D eigenvalue weighted by atomic mass is 16.6. The first-order chi connectivity index (χ1) is 19.2. The first-order valence-electron chi connectivity index (χ1n) is 12.0. The molecule has 1 aliphatic heterocycles. The molecule has 12 heteroatoms. The molecule has 0 aliphatic carbocycles. The van der Waals surface area contributed by atoms with Crippen LogP contribution in [0.4, 0.5) is 5.69 Å². The first-order valence-corrected chi connectivity index (χ1v) is 12.0. The minimum Gasteiger partial charge on any atom is -0.493 e. The van der Waals surface area contributed by atoms with E-state index < -0.39 is 34.3 Å². The van der Waals surface area contributed by atoms with Gasteiger partial charge in [-0.25, -0.2) is 0 Å². The van der Waals surface area contributed by atoms with Crippen LogP contribution in [0.1, 0.15) is 21.5 Å². The smallest absolute Gasteiger partial charge is 0.288 e. The number of nitrogens with zero attached hydrogens (tertiary/aromatic N) is 3. The van der Waals surface area contributed by atoms with Crippen molar-refractivity contribution in [3.63, 3.8) is 0 Å². The molecule has 1 unspecified atom stereocenters. The van der Waals surface area contributed by atoms with Gasteiger partial charge in [0.2, 0.25) is 5.78 Å². The Morgan fingerprint density at radius 2 is 1.65 bits per heavy atom. The standard InChI is InChI=1S/C28H24N4O8/c1-39-21-13-8-17(16-22(21)40-2)14-15-29-26(34)25(33)23-24(18-6-4-3-5-7-18)30-31(28(23)36)27(35)19-9-11-20(12-10-19)32(37)38/h3-13,16,23H,14-15H2,1-2H3,(H,29,34). The normalized spacial score (nSPS) is 14.3. The molecule has 0 spiro atoms. The molecule has 1 aliphatic rings. The van der Waals surface area contributed by atoms with Crippen molar-refractivity contribution in [3.05, 3.63) is 99.6 Å². The minimum absolute atomic E-state index is 0.0532. The van der Waals surface area contributed by atoms with Crippen molar-refractivity contribution >= 4 is 34.9 Å². The van der Waals surface area contributed by atoms with Crippen molar-refractivity contribution < 1.29 is 33.6 Å². The van der Waals surface area contributed by atoms with Crippen LogP contribution >= 0.6 is 0 Å². The lowest BCUT2D eigenvalue weighted by Crippen LogP contribution is -2.43. The zero-order valence-corrected chi connectivity index (χ0v) is 21.5. The number of imide groups is 1. The SMILES string of the molecule is COc1ccc(CCNC(=O)C(=O)C2C(=O)N(C(=O)c3ccc([N+](=O)[O-])cc3)N=C2c2ccccc2)cc1OC. The molecule has 204 valence electrons. The van der Waals surface area contributed by atoms with Gasteiger partial charge < -0.3 is 14.8 Å². The Labute approximate surface area is 228 Å². The van der Waals surface area contributed by atoms with E-state index in [4.69, 9.17) is 9.47 Å². The second kappa shape index (κ2) is 12.0. The third-order valence-electron chi connectivity index (χ3n) is 6.16. The number of ether oxygens (including phenoxy) is 2. The number of hydrazone groups is 1. The summed E-state index contributed by atoms with van der Waals surface area (Å²) in [5.74, 6) is -4.55. The van der Waals surface area contributed by atoms with Crippen molar-refractivity contribution in [2.45, 2.75) is 6.42 Å². The highest BCUT2D eigenvalue weighted by Gasteiger charge is 2.46.